The molecule has 1 N–H and O–H groups in total. The highest BCUT2D eigenvalue weighted by Crippen LogP contribution is 2.36. The lowest BCUT2D eigenvalue weighted by Crippen LogP contribution is -2.04. The van der Waals surface area contributed by atoms with Gasteiger partial charge in [0, 0.05) is 0 Å². The van der Waals surface area contributed by atoms with Crippen molar-refractivity contribution in [2.45, 2.75) is 8.04 Å². The van der Waals surface area contributed by atoms with E-state index in [2.05, 4.69) is 45.2 Å². The molecule has 0 radical (unpaired) electrons. The van der Waals surface area contributed by atoms with Crippen LogP contribution < -0.4 is 9.47 Å². The number of rotatable bonds is 2. The zero-order valence-electron chi connectivity index (χ0n) is 7.11. The lowest BCUT2D eigenvalue weighted by Gasteiger charge is -2.12. The largest absolute Gasteiger partial charge is 0.454 e. The molecule has 0 spiro atoms. The smallest absolute Gasteiger partial charge is 0.231 e. The second kappa shape index (κ2) is 4.40. The van der Waals surface area contributed by atoms with Gasteiger partial charge >= 0.3 is 0 Å². The lowest BCUT2D eigenvalue weighted by molar-refractivity contribution is 0.173. The Morgan fingerprint density at radius 3 is 2.64 bits per heavy atom. The van der Waals surface area contributed by atoms with Crippen molar-refractivity contribution >= 4 is 45.2 Å². The molecule has 1 aliphatic heterocycles. The third-order valence-corrected chi connectivity index (χ3v) is 3.34. The predicted molar refractivity (Wildman–Crippen MR) is 69.4 cm³/mol. The zero-order chi connectivity index (χ0) is 10.1. The Morgan fingerprint density at radius 1 is 1.21 bits per heavy atom. The van der Waals surface area contributed by atoms with Crippen molar-refractivity contribution < 1.29 is 14.6 Å². The fraction of sp³-hybridized carbons (Fsp3) is 0.333. The van der Waals surface area contributed by atoms with Crippen LogP contribution in [0.15, 0.2) is 18.2 Å². The second-order valence-corrected chi connectivity index (χ2v) is 7.96. The topological polar surface area (TPSA) is 38.7 Å². The Hall–Kier alpha value is 0.240. The van der Waals surface area contributed by atoms with Crippen molar-refractivity contribution in [1.82, 2.24) is 0 Å². The van der Waals surface area contributed by atoms with Crippen LogP contribution in [0.25, 0.3) is 0 Å². The molecule has 5 heteroatoms. The maximum Gasteiger partial charge on any atom is 0.231 e. The Bertz CT molecular complexity index is 341. The summed E-state index contributed by atoms with van der Waals surface area (Å²) in [6.07, 6.45) is -0.467. The zero-order valence-corrected chi connectivity index (χ0v) is 11.4. The number of hydrogen-bond donors (Lipinski definition) is 1. The number of aliphatic hydroxyl groups is 1. The molecule has 14 heavy (non-hydrogen) atoms. The molecule has 76 valence electrons. The number of fused-ring (bicyclic) bond motifs is 1. The number of benzene rings is 1. The van der Waals surface area contributed by atoms with Crippen LogP contribution in [0, 0.1) is 0 Å². The van der Waals surface area contributed by atoms with Crippen molar-refractivity contribution in [3.8, 4) is 11.5 Å². The summed E-state index contributed by atoms with van der Waals surface area (Å²) in [6.45, 7) is 0.271. The molecule has 1 heterocycles. The molecule has 0 aliphatic carbocycles. The first-order valence-corrected chi connectivity index (χ1v) is 6.53. The summed E-state index contributed by atoms with van der Waals surface area (Å²) in [5.41, 5.74) is 0.864. The second-order valence-electron chi connectivity index (χ2n) is 2.89. The van der Waals surface area contributed by atoms with Crippen molar-refractivity contribution in [3.05, 3.63) is 23.8 Å². The molecule has 2 rings (SSSR count). The predicted octanol–water partition coefficient (Wildman–Crippen LogP) is 2.64. The van der Waals surface area contributed by atoms with Gasteiger partial charge in [0.15, 0.2) is 11.5 Å². The van der Waals surface area contributed by atoms with Gasteiger partial charge in [-0.25, -0.2) is 0 Å². The van der Waals surface area contributed by atoms with Crippen LogP contribution in [0.5, 0.6) is 11.5 Å². The number of aliphatic hydroxyl groups excluding tert-OH is 1. The maximum absolute atomic E-state index is 9.82. The standard InChI is InChI=1S/C9H8I2O3/c10-9(11)8(12)5-1-2-6-7(3-5)14-4-13-6/h1-3,8-9,12H,4H2. The highest BCUT2D eigenvalue weighted by Gasteiger charge is 2.19. The average Bonchev–Trinajstić information content (AvgIpc) is 2.62. The Kier molecular flexibility index (Phi) is 3.38. The van der Waals surface area contributed by atoms with E-state index in [1.54, 1.807) is 0 Å². The molecule has 3 nitrogen and oxygen atoms in total. The molecule has 0 saturated heterocycles. The third-order valence-electron chi connectivity index (χ3n) is 1.98. The van der Waals surface area contributed by atoms with Gasteiger partial charge in [0.05, 0.1) is 8.04 Å². The first-order valence-electron chi connectivity index (χ1n) is 4.04. The molecule has 1 unspecified atom stereocenters. The quantitative estimate of drug-likeness (QED) is 0.594. The van der Waals surface area contributed by atoms with Crippen LogP contribution in [-0.2, 0) is 0 Å². The first-order chi connectivity index (χ1) is 6.68. The summed E-state index contributed by atoms with van der Waals surface area (Å²) in [6, 6.07) is 5.52. The number of halogens is 2. The van der Waals surface area contributed by atoms with Gasteiger partial charge in [-0.3, -0.25) is 0 Å². The van der Waals surface area contributed by atoms with E-state index >= 15 is 0 Å². The minimum atomic E-state index is -0.467. The molecule has 0 amide bonds. The van der Waals surface area contributed by atoms with Gasteiger partial charge in [0.2, 0.25) is 6.79 Å². The van der Waals surface area contributed by atoms with E-state index < -0.39 is 6.10 Å². The molecule has 1 aromatic rings. The Morgan fingerprint density at radius 2 is 1.93 bits per heavy atom. The molecule has 1 aliphatic rings. The van der Waals surface area contributed by atoms with Crippen LogP contribution in [0.4, 0.5) is 0 Å². The van der Waals surface area contributed by atoms with Crippen molar-refractivity contribution in [2.75, 3.05) is 6.79 Å². The minimum Gasteiger partial charge on any atom is -0.454 e. The summed E-state index contributed by atoms with van der Waals surface area (Å²) in [4.78, 5) is 0. The summed E-state index contributed by atoms with van der Waals surface area (Å²) < 4.78 is 10.6. The van der Waals surface area contributed by atoms with Gasteiger partial charge in [0.1, 0.15) is 0 Å². The van der Waals surface area contributed by atoms with Gasteiger partial charge in [0.25, 0.3) is 0 Å². The van der Waals surface area contributed by atoms with E-state index in [0.29, 0.717) is 0 Å². The SMILES string of the molecule is OC(c1ccc2c(c1)OCO2)C(I)I. The average molecular weight is 418 g/mol. The van der Waals surface area contributed by atoms with E-state index in [4.69, 9.17) is 9.47 Å². The van der Waals surface area contributed by atoms with E-state index in [-0.39, 0.29) is 8.72 Å². The molecule has 0 bridgehead atoms. The number of ether oxygens (including phenoxy) is 2. The molecular weight excluding hydrogens is 410 g/mol. The fourth-order valence-electron chi connectivity index (χ4n) is 1.24. The summed E-state index contributed by atoms with van der Waals surface area (Å²) in [7, 11) is 0. The molecule has 0 fully saturated rings. The van der Waals surface area contributed by atoms with E-state index in [0.717, 1.165) is 17.1 Å². The van der Waals surface area contributed by atoms with Gasteiger partial charge in [-0.1, -0.05) is 51.2 Å². The number of hydrogen-bond acceptors (Lipinski definition) is 3. The van der Waals surface area contributed by atoms with Crippen LogP contribution >= 0.6 is 45.2 Å². The summed E-state index contributed by atoms with van der Waals surface area (Å²) >= 11 is 4.37. The third kappa shape index (κ3) is 2.08. The van der Waals surface area contributed by atoms with E-state index in [1.807, 2.05) is 18.2 Å². The summed E-state index contributed by atoms with van der Waals surface area (Å²) in [5, 5.41) is 9.82. The van der Waals surface area contributed by atoms with Crippen molar-refractivity contribution in [1.29, 1.82) is 0 Å². The molecule has 0 saturated carbocycles. The Labute approximate surface area is 109 Å². The van der Waals surface area contributed by atoms with Crippen molar-refractivity contribution in [2.24, 2.45) is 0 Å². The first kappa shape index (κ1) is 10.7. The van der Waals surface area contributed by atoms with E-state index in [1.165, 1.54) is 0 Å². The molecular formula is C9H8I2O3. The van der Waals surface area contributed by atoms with Gasteiger partial charge in [-0.05, 0) is 17.7 Å². The molecule has 1 aromatic carbocycles. The minimum absolute atomic E-state index is 0.144. The molecule has 1 atom stereocenters. The van der Waals surface area contributed by atoms with Crippen LogP contribution in [-0.4, -0.2) is 13.8 Å². The normalized spacial score (nSPS) is 16.0. The highest BCUT2D eigenvalue weighted by atomic mass is 127. The fourth-order valence-corrected chi connectivity index (χ4v) is 2.07. The van der Waals surface area contributed by atoms with Crippen LogP contribution in [0.3, 0.4) is 0 Å². The van der Waals surface area contributed by atoms with Crippen LogP contribution in [0.2, 0.25) is 0 Å². The monoisotopic (exact) mass is 418 g/mol. The molecule has 0 aromatic heterocycles. The van der Waals surface area contributed by atoms with Crippen molar-refractivity contribution in [3.63, 3.8) is 0 Å². The summed E-state index contributed by atoms with van der Waals surface area (Å²) in [5.74, 6) is 1.47. The van der Waals surface area contributed by atoms with Gasteiger partial charge in [-0.2, -0.15) is 0 Å². The maximum atomic E-state index is 9.82. The Balaban J connectivity index is 2.28. The van der Waals surface area contributed by atoms with Gasteiger partial charge in [-0.15, -0.1) is 0 Å². The van der Waals surface area contributed by atoms with E-state index in [9.17, 15) is 5.11 Å². The van der Waals surface area contributed by atoms with Crippen LogP contribution in [0.1, 0.15) is 11.7 Å². The number of alkyl halides is 2. The van der Waals surface area contributed by atoms with Gasteiger partial charge < -0.3 is 14.6 Å². The lowest BCUT2D eigenvalue weighted by atomic mass is 10.1. The highest BCUT2D eigenvalue weighted by molar-refractivity contribution is 14.2.